The number of anilines is 1. The summed E-state index contributed by atoms with van der Waals surface area (Å²) in [5, 5.41) is 20.2. The number of benzene rings is 2. The molecule has 0 amide bonds. The first-order valence-corrected chi connectivity index (χ1v) is 10.9. The Morgan fingerprint density at radius 2 is 1.83 bits per heavy atom. The fourth-order valence-electron chi connectivity index (χ4n) is 5.38. The number of nitrogens with two attached hydrogens (primary N) is 1. The third-order valence-electron chi connectivity index (χ3n) is 6.87. The molecule has 0 aliphatic heterocycles. The smallest absolute Gasteiger partial charge is 0.220 e. The molecule has 5 atom stereocenters. The number of fused-ring (bicyclic) bond motifs is 2. The third-order valence-corrected chi connectivity index (χ3v) is 6.87. The van der Waals surface area contributed by atoms with Gasteiger partial charge in [0.15, 0.2) is 6.17 Å². The molecule has 3 aromatic rings. The van der Waals surface area contributed by atoms with E-state index >= 15 is 4.39 Å². The van der Waals surface area contributed by atoms with Crippen LogP contribution in [0.2, 0.25) is 0 Å². The summed E-state index contributed by atoms with van der Waals surface area (Å²) < 4.78 is 74.1. The minimum atomic E-state index is -2.17. The molecule has 5 nitrogen and oxygen atoms in total. The van der Waals surface area contributed by atoms with Gasteiger partial charge in [-0.05, 0) is 59.4 Å². The Morgan fingerprint density at radius 3 is 2.51 bits per heavy atom. The second-order valence-electron chi connectivity index (χ2n) is 8.88. The van der Waals surface area contributed by atoms with Crippen LogP contribution in [0.1, 0.15) is 63.7 Å². The number of hydrogen-bond acceptors (Lipinski definition) is 5. The molecule has 5 rings (SSSR count). The SMILES string of the molecule is Cc1nc(N)ncc1-c1c(F)cc([C@H]2C[C@H](F)[C@H](F)c3cc(F)cc(C#N)c32)c2c1[C@H](O)[C@H](F)C2. The molecule has 2 aliphatic rings. The van der Waals surface area contributed by atoms with E-state index in [1.807, 2.05) is 0 Å². The van der Waals surface area contributed by atoms with Crippen LogP contribution in [0.4, 0.5) is 27.9 Å². The van der Waals surface area contributed by atoms with E-state index in [0.717, 1.165) is 18.2 Å². The maximum absolute atomic E-state index is 15.7. The number of nitrogen functional groups attached to an aromatic ring is 1. The lowest BCUT2D eigenvalue weighted by molar-refractivity contribution is 0.0928. The van der Waals surface area contributed by atoms with Gasteiger partial charge < -0.3 is 10.8 Å². The molecule has 0 saturated heterocycles. The summed E-state index contributed by atoms with van der Waals surface area (Å²) >= 11 is 0. The molecule has 0 bridgehead atoms. The molecule has 0 radical (unpaired) electrons. The normalized spacial score (nSPS) is 25.1. The number of hydrogen-bond donors (Lipinski definition) is 2. The Kier molecular flexibility index (Phi) is 5.48. The predicted octanol–water partition coefficient (Wildman–Crippen LogP) is 5.00. The van der Waals surface area contributed by atoms with Crippen LogP contribution in [0.25, 0.3) is 11.1 Å². The number of alkyl halides is 3. The number of aliphatic hydroxyl groups excluding tert-OH is 1. The number of nitriles is 1. The number of aryl methyl sites for hydroxylation is 1. The summed E-state index contributed by atoms with van der Waals surface area (Å²) in [4.78, 5) is 7.89. The average molecular weight is 486 g/mol. The first-order valence-electron chi connectivity index (χ1n) is 10.9. The largest absolute Gasteiger partial charge is 0.385 e. The van der Waals surface area contributed by atoms with Crippen LogP contribution >= 0.6 is 0 Å². The summed E-state index contributed by atoms with van der Waals surface area (Å²) in [6.07, 6.45) is -7.19. The van der Waals surface area contributed by atoms with Gasteiger partial charge in [0.2, 0.25) is 5.95 Å². The molecule has 0 saturated carbocycles. The Bertz CT molecular complexity index is 1410. The van der Waals surface area contributed by atoms with Crippen molar-refractivity contribution in [2.75, 3.05) is 5.73 Å². The molecule has 0 unspecified atom stereocenters. The zero-order chi connectivity index (χ0) is 25.2. The van der Waals surface area contributed by atoms with E-state index in [1.54, 1.807) is 13.0 Å². The van der Waals surface area contributed by atoms with Crippen LogP contribution < -0.4 is 5.73 Å². The zero-order valence-corrected chi connectivity index (χ0v) is 18.4. The van der Waals surface area contributed by atoms with Crippen molar-refractivity contribution < 1.29 is 27.1 Å². The van der Waals surface area contributed by atoms with E-state index < -0.39 is 48.6 Å². The number of halogens is 5. The van der Waals surface area contributed by atoms with Crippen LogP contribution in [-0.2, 0) is 6.42 Å². The lowest BCUT2D eigenvalue weighted by Gasteiger charge is -2.33. The summed E-state index contributed by atoms with van der Waals surface area (Å²) in [6.45, 7) is 1.56. The highest BCUT2D eigenvalue weighted by Crippen LogP contribution is 2.51. The van der Waals surface area contributed by atoms with E-state index in [0.29, 0.717) is 5.69 Å². The molecule has 35 heavy (non-hydrogen) atoms. The van der Waals surface area contributed by atoms with Crippen molar-refractivity contribution in [3.05, 3.63) is 75.1 Å². The Balaban J connectivity index is 1.79. The lowest BCUT2D eigenvalue weighted by Crippen LogP contribution is -2.25. The number of aromatic nitrogens is 2. The molecule has 0 fully saturated rings. The fourth-order valence-corrected chi connectivity index (χ4v) is 5.38. The molecular formula is C25H19F5N4O. The standard InChI is InChI=1S/C25H19F5N4O/c1-9-16(8-33-25(32)34-9)21-17(27)4-12(14-6-19(29)24(35)22(14)21)13-5-18(28)23(30)15-3-11(26)2-10(7-31)20(13)15/h2-4,8,13,18-19,23-24,35H,5-6H2,1H3,(H2,32,33,34)/t13-,18+,19-,23-,24-/m1/s1. The van der Waals surface area contributed by atoms with Crippen LogP contribution in [0.5, 0.6) is 0 Å². The van der Waals surface area contributed by atoms with Gasteiger partial charge in [0.25, 0.3) is 0 Å². The summed E-state index contributed by atoms with van der Waals surface area (Å²) in [6, 6.07) is 4.62. The second-order valence-corrected chi connectivity index (χ2v) is 8.88. The van der Waals surface area contributed by atoms with Gasteiger partial charge in [0.1, 0.15) is 30.1 Å². The number of rotatable bonds is 2. The van der Waals surface area contributed by atoms with Crippen molar-refractivity contribution in [2.45, 2.75) is 50.3 Å². The van der Waals surface area contributed by atoms with Gasteiger partial charge in [0.05, 0.1) is 17.3 Å². The number of aliphatic hydroxyl groups is 1. The summed E-state index contributed by atoms with van der Waals surface area (Å²) in [7, 11) is 0. The highest BCUT2D eigenvalue weighted by molar-refractivity contribution is 5.74. The van der Waals surface area contributed by atoms with Crippen molar-refractivity contribution in [2.24, 2.45) is 0 Å². The minimum Gasteiger partial charge on any atom is -0.385 e. The van der Waals surface area contributed by atoms with E-state index in [1.165, 1.54) is 6.20 Å². The molecule has 1 heterocycles. The van der Waals surface area contributed by atoms with Gasteiger partial charge in [-0.2, -0.15) is 5.26 Å². The van der Waals surface area contributed by atoms with Crippen molar-refractivity contribution in [1.29, 1.82) is 5.26 Å². The van der Waals surface area contributed by atoms with Crippen LogP contribution in [0, 0.1) is 29.9 Å². The Hall–Kier alpha value is -3.58. The Labute approximate surface area is 197 Å². The average Bonchev–Trinajstić information content (AvgIpc) is 3.10. The van der Waals surface area contributed by atoms with Crippen LogP contribution in [0.15, 0.2) is 24.4 Å². The van der Waals surface area contributed by atoms with Gasteiger partial charge in [-0.1, -0.05) is 0 Å². The van der Waals surface area contributed by atoms with Gasteiger partial charge in [0, 0.05) is 29.7 Å². The fraction of sp³-hybridized carbons (Fsp3) is 0.320. The first-order chi connectivity index (χ1) is 16.6. The maximum atomic E-state index is 15.7. The predicted molar refractivity (Wildman–Crippen MR) is 116 cm³/mol. The van der Waals surface area contributed by atoms with Gasteiger partial charge >= 0.3 is 0 Å². The minimum absolute atomic E-state index is 0.0356. The molecule has 2 aromatic carbocycles. The quantitative estimate of drug-likeness (QED) is 0.498. The zero-order valence-electron chi connectivity index (χ0n) is 18.4. The van der Waals surface area contributed by atoms with Crippen LogP contribution in [0.3, 0.4) is 0 Å². The highest BCUT2D eigenvalue weighted by atomic mass is 19.2. The monoisotopic (exact) mass is 486 g/mol. The second kappa shape index (κ2) is 8.27. The third kappa shape index (κ3) is 3.53. The highest BCUT2D eigenvalue weighted by Gasteiger charge is 2.43. The van der Waals surface area contributed by atoms with Crippen molar-refractivity contribution in [3.8, 4) is 17.2 Å². The maximum Gasteiger partial charge on any atom is 0.220 e. The molecular weight excluding hydrogens is 467 g/mol. The number of nitrogens with zero attached hydrogens (tertiary/aromatic N) is 3. The summed E-state index contributed by atoms with van der Waals surface area (Å²) in [5.41, 5.74) is 5.78. The molecule has 10 heteroatoms. The molecule has 3 N–H and O–H groups in total. The molecule has 2 aliphatic carbocycles. The van der Waals surface area contributed by atoms with Gasteiger partial charge in [-0.3, -0.25) is 0 Å². The summed E-state index contributed by atoms with van der Waals surface area (Å²) in [5.74, 6) is -2.86. The van der Waals surface area contributed by atoms with E-state index in [9.17, 15) is 27.9 Å². The van der Waals surface area contributed by atoms with Crippen molar-refractivity contribution in [3.63, 3.8) is 0 Å². The lowest BCUT2D eigenvalue weighted by atomic mass is 9.73. The van der Waals surface area contributed by atoms with E-state index in [4.69, 9.17) is 5.73 Å². The van der Waals surface area contributed by atoms with E-state index in [-0.39, 0.29) is 56.9 Å². The van der Waals surface area contributed by atoms with Crippen LogP contribution in [-0.4, -0.2) is 27.4 Å². The molecule has 1 aromatic heterocycles. The topological polar surface area (TPSA) is 95.8 Å². The first kappa shape index (κ1) is 23.2. The Morgan fingerprint density at radius 1 is 1.09 bits per heavy atom. The molecule has 180 valence electrons. The molecule has 0 spiro atoms. The van der Waals surface area contributed by atoms with Crippen molar-refractivity contribution in [1.82, 2.24) is 9.97 Å². The van der Waals surface area contributed by atoms with E-state index in [2.05, 4.69) is 9.97 Å². The van der Waals surface area contributed by atoms with Gasteiger partial charge in [-0.15, -0.1) is 0 Å². The van der Waals surface area contributed by atoms with Gasteiger partial charge in [-0.25, -0.2) is 31.9 Å². The van der Waals surface area contributed by atoms with Crippen molar-refractivity contribution >= 4 is 5.95 Å².